The van der Waals surface area contributed by atoms with Crippen molar-refractivity contribution in [3.63, 3.8) is 0 Å². The molecule has 68 valence electrons. The molecule has 0 amide bonds. The van der Waals surface area contributed by atoms with Crippen molar-refractivity contribution in [3.8, 4) is 11.8 Å². The lowest BCUT2D eigenvalue weighted by molar-refractivity contribution is 0.938. The molecule has 0 aromatic heterocycles. The van der Waals surface area contributed by atoms with Crippen LogP contribution in [0.3, 0.4) is 0 Å². The highest BCUT2D eigenvalue weighted by Crippen LogP contribution is 2.17. The number of halogens is 1. The molecule has 0 atom stereocenters. The zero-order valence-electron chi connectivity index (χ0n) is 7.39. The largest absolute Gasteiger partial charge is 0.399 e. The molecule has 1 rings (SSSR count). The van der Waals surface area contributed by atoms with E-state index in [9.17, 15) is 0 Å². The summed E-state index contributed by atoms with van der Waals surface area (Å²) in [6, 6.07) is 5.31. The number of nitrogen functional groups attached to an aromatic ring is 1. The summed E-state index contributed by atoms with van der Waals surface area (Å²) in [5, 5.41) is 3.53. The molecule has 13 heavy (non-hydrogen) atoms. The predicted molar refractivity (Wildman–Crippen MR) is 56.7 cm³/mol. The standard InChI is InChI=1S/C10H11ClN2/c1-13-6-2-3-8-4-5-9(12)7-10(8)11/h4-5,7,13H,6,12H2,1H3. The molecule has 0 bridgehead atoms. The Morgan fingerprint density at radius 1 is 1.54 bits per heavy atom. The second kappa shape index (κ2) is 4.76. The van der Waals surface area contributed by atoms with Gasteiger partial charge in [0.15, 0.2) is 0 Å². The van der Waals surface area contributed by atoms with Crippen molar-refractivity contribution in [1.82, 2.24) is 5.32 Å². The normalized spacial score (nSPS) is 9.08. The highest BCUT2D eigenvalue weighted by Gasteiger charge is 1.95. The minimum Gasteiger partial charge on any atom is -0.399 e. The Labute approximate surface area is 83.1 Å². The Bertz CT molecular complexity index is 350. The summed E-state index contributed by atoms with van der Waals surface area (Å²) in [6.45, 7) is 0.653. The van der Waals surface area contributed by atoms with Crippen LogP contribution < -0.4 is 11.1 Å². The Morgan fingerprint density at radius 2 is 2.31 bits per heavy atom. The van der Waals surface area contributed by atoms with Gasteiger partial charge in [0.25, 0.3) is 0 Å². The molecule has 0 fully saturated rings. The number of anilines is 1. The molecule has 0 aliphatic rings. The zero-order valence-corrected chi connectivity index (χ0v) is 8.15. The lowest BCUT2D eigenvalue weighted by atomic mass is 10.2. The first-order chi connectivity index (χ1) is 6.24. The molecular weight excluding hydrogens is 184 g/mol. The van der Waals surface area contributed by atoms with Gasteiger partial charge in [0.05, 0.1) is 11.6 Å². The van der Waals surface area contributed by atoms with Crippen LogP contribution in [0.5, 0.6) is 0 Å². The van der Waals surface area contributed by atoms with Crippen LogP contribution >= 0.6 is 11.6 Å². The smallest absolute Gasteiger partial charge is 0.0582 e. The first-order valence-corrected chi connectivity index (χ1v) is 4.30. The van der Waals surface area contributed by atoms with E-state index in [4.69, 9.17) is 17.3 Å². The van der Waals surface area contributed by atoms with Crippen molar-refractivity contribution in [2.24, 2.45) is 0 Å². The minimum absolute atomic E-state index is 0.601. The van der Waals surface area contributed by atoms with Gasteiger partial charge in [-0.05, 0) is 25.2 Å². The second-order valence-electron chi connectivity index (χ2n) is 2.57. The van der Waals surface area contributed by atoms with E-state index >= 15 is 0 Å². The second-order valence-corrected chi connectivity index (χ2v) is 2.98. The Morgan fingerprint density at radius 3 is 2.92 bits per heavy atom. The zero-order chi connectivity index (χ0) is 9.68. The number of hydrogen-bond donors (Lipinski definition) is 2. The van der Waals surface area contributed by atoms with E-state index in [-0.39, 0.29) is 0 Å². The molecule has 0 aliphatic carbocycles. The van der Waals surface area contributed by atoms with Gasteiger partial charge in [-0.2, -0.15) is 0 Å². The van der Waals surface area contributed by atoms with Gasteiger partial charge in [-0.25, -0.2) is 0 Å². The monoisotopic (exact) mass is 194 g/mol. The quantitative estimate of drug-likeness (QED) is 0.525. The average molecular weight is 195 g/mol. The van der Waals surface area contributed by atoms with Crippen LogP contribution in [0, 0.1) is 11.8 Å². The molecule has 3 N–H and O–H groups in total. The van der Waals surface area contributed by atoms with Gasteiger partial charge in [0.2, 0.25) is 0 Å². The molecule has 1 aromatic rings. The number of benzene rings is 1. The van der Waals surface area contributed by atoms with Crippen molar-refractivity contribution < 1.29 is 0 Å². The summed E-state index contributed by atoms with van der Waals surface area (Å²) in [5.41, 5.74) is 7.01. The summed E-state index contributed by atoms with van der Waals surface area (Å²) in [6.07, 6.45) is 0. The maximum absolute atomic E-state index is 5.91. The molecule has 3 heteroatoms. The minimum atomic E-state index is 0.601. The summed E-state index contributed by atoms with van der Waals surface area (Å²) in [4.78, 5) is 0. The Hall–Kier alpha value is -1.17. The van der Waals surface area contributed by atoms with Crippen molar-refractivity contribution in [1.29, 1.82) is 0 Å². The van der Waals surface area contributed by atoms with Crippen LogP contribution in [-0.4, -0.2) is 13.6 Å². The molecule has 0 spiro atoms. The van der Waals surface area contributed by atoms with Crippen molar-refractivity contribution >= 4 is 17.3 Å². The number of hydrogen-bond acceptors (Lipinski definition) is 2. The van der Waals surface area contributed by atoms with Crippen molar-refractivity contribution in [2.75, 3.05) is 19.3 Å². The molecular formula is C10H11ClN2. The van der Waals surface area contributed by atoms with E-state index in [0.717, 1.165) is 5.56 Å². The van der Waals surface area contributed by atoms with Gasteiger partial charge in [-0.1, -0.05) is 23.4 Å². The molecule has 0 saturated carbocycles. The fourth-order valence-corrected chi connectivity index (χ4v) is 1.10. The van der Waals surface area contributed by atoms with Crippen LogP contribution in [0.4, 0.5) is 5.69 Å². The van der Waals surface area contributed by atoms with E-state index < -0.39 is 0 Å². The fraction of sp³-hybridized carbons (Fsp3) is 0.200. The first kappa shape index (κ1) is 9.91. The highest BCUT2D eigenvalue weighted by molar-refractivity contribution is 6.32. The van der Waals surface area contributed by atoms with Crippen LogP contribution in [0.25, 0.3) is 0 Å². The van der Waals surface area contributed by atoms with Gasteiger partial charge in [0.1, 0.15) is 0 Å². The van der Waals surface area contributed by atoms with Crippen LogP contribution in [0.2, 0.25) is 5.02 Å². The van der Waals surface area contributed by atoms with Crippen molar-refractivity contribution in [2.45, 2.75) is 0 Å². The highest BCUT2D eigenvalue weighted by atomic mass is 35.5. The maximum atomic E-state index is 5.91. The summed E-state index contributed by atoms with van der Waals surface area (Å²) >= 11 is 5.91. The topological polar surface area (TPSA) is 38.0 Å². The van der Waals surface area contributed by atoms with Gasteiger partial charge < -0.3 is 11.1 Å². The summed E-state index contributed by atoms with van der Waals surface area (Å²) < 4.78 is 0. The molecule has 0 radical (unpaired) electrons. The molecule has 2 nitrogen and oxygen atoms in total. The maximum Gasteiger partial charge on any atom is 0.0582 e. The van der Waals surface area contributed by atoms with Crippen LogP contribution in [0.1, 0.15) is 5.56 Å². The first-order valence-electron chi connectivity index (χ1n) is 3.92. The van der Waals surface area contributed by atoms with Gasteiger partial charge in [0, 0.05) is 11.3 Å². The van der Waals surface area contributed by atoms with E-state index in [1.165, 1.54) is 0 Å². The third-order valence-corrected chi connectivity index (χ3v) is 1.79. The number of rotatable bonds is 1. The molecule has 1 aromatic carbocycles. The lowest BCUT2D eigenvalue weighted by Gasteiger charge is -1.96. The van der Waals surface area contributed by atoms with Crippen LogP contribution in [0.15, 0.2) is 18.2 Å². The lowest BCUT2D eigenvalue weighted by Crippen LogP contribution is -2.04. The van der Waals surface area contributed by atoms with E-state index in [2.05, 4.69) is 17.2 Å². The van der Waals surface area contributed by atoms with Gasteiger partial charge in [-0.15, -0.1) is 0 Å². The summed E-state index contributed by atoms with van der Waals surface area (Å²) in [7, 11) is 1.85. The Kier molecular flexibility index (Phi) is 3.63. The predicted octanol–water partition coefficient (Wildman–Crippen LogP) is 1.49. The molecule has 0 unspecified atom stereocenters. The number of nitrogens with two attached hydrogens (primary N) is 1. The van der Waals surface area contributed by atoms with E-state index in [1.807, 2.05) is 13.1 Å². The van der Waals surface area contributed by atoms with Gasteiger partial charge >= 0.3 is 0 Å². The Balaban J connectivity index is 2.85. The molecule has 0 saturated heterocycles. The van der Waals surface area contributed by atoms with Gasteiger partial charge in [-0.3, -0.25) is 0 Å². The van der Waals surface area contributed by atoms with E-state index in [1.54, 1.807) is 12.1 Å². The number of nitrogens with one attached hydrogen (secondary N) is 1. The third-order valence-electron chi connectivity index (χ3n) is 1.48. The fourth-order valence-electron chi connectivity index (χ4n) is 0.861. The molecule has 0 aliphatic heterocycles. The van der Waals surface area contributed by atoms with E-state index in [0.29, 0.717) is 17.3 Å². The SMILES string of the molecule is CNCC#Cc1ccc(N)cc1Cl. The van der Waals surface area contributed by atoms with Crippen LogP contribution in [-0.2, 0) is 0 Å². The van der Waals surface area contributed by atoms with Crippen molar-refractivity contribution in [3.05, 3.63) is 28.8 Å². The molecule has 0 heterocycles. The third kappa shape index (κ3) is 2.98. The average Bonchev–Trinajstić information content (AvgIpc) is 2.09. The summed E-state index contributed by atoms with van der Waals surface area (Å²) in [5.74, 6) is 5.87.